The summed E-state index contributed by atoms with van der Waals surface area (Å²) in [5.74, 6) is 0.968. The van der Waals surface area contributed by atoms with Crippen LogP contribution in [-0.4, -0.2) is 24.3 Å². The molecule has 0 fully saturated rings. The first-order valence-corrected chi connectivity index (χ1v) is 10.9. The van der Waals surface area contributed by atoms with Crippen molar-refractivity contribution in [3.05, 3.63) is 114 Å². The molecule has 0 amide bonds. The first kappa shape index (κ1) is 20.2. The second-order valence-corrected chi connectivity index (χ2v) is 8.11. The Hall–Kier alpha value is -3.69. The van der Waals surface area contributed by atoms with E-state index in [9.17, 15) is 4.79 Å². The third kappa shape index (κ3) is 3.83. The molecule has 3 nitrogen and oxygen atoms in total. The minimum atomic E-state index is -0.0306. The summed E-state index contributed by atoms with van der Waals surface area (Å²) in [5.41, 5.74) is 4.55. The van der Waals surface area contributed by atoms with E-state index in [-0.39, 0.29) is 11.8 Å². The minimum absolute atomic E-state index is 0.0306. The van der Waals surface area contributed by atoms with Crippen LogP contribution in [0.2, 0.25) is 0 Å². The van der Waals surface area contributed by atoms with Gasteiger partial charge in [0.25, 0.3) is 0 Å². The molecule has 0 spiro atoms. The number of hydrogen-bond donors (Lipinski definition) is 0. The van der Waals surface area contributed by atoms with Crippen molar-refractivity contribution < 1.29 is 9.53 Å². The van der Waals surface area contributed by atoms with Gasteiger partial charge >= 0.3 is 0 Å². The molecule has 32 heavy (non-hydrogen) atoms. The maximum Gasteiger partial charge on any atom is 0.169 e. The van der Waals surface area contributed by atoms with E-state index in [4.69, 9.17) is 4.74 Å². The summed E-state index contributed by atoms with van der Waals surface area (Å²) in [4.78, 5) is 14.6. The van der Waals surface area contributed by atoms with Crippen LogP contribution in [0.1, 0.15) is 17.2 Å². The summed E-state index contributed by atoms with van der Waals surface area (Å²) in [5, 5.41) is 2.38. The lowest BCUT2D eigenvalue weighted by Gasteiger charge is -2.33. The number of carbonyl (C=O) groups is 1. The molecule has 1 atom stereocenters. The van der Waals surface area contributed by atoms with Crippen LogP contribution in [0.3, 0.4) is 0 Å². The molecule has 0 saturated carbocycles. The fourth-order valence-electron chi connectivity index (χ4n) is 4.64. The summed E-state index contributed by atoms with van der Waals surface area (Å²) in [7, 11) is 1.72. The Morgan fingerprint density at radius 1 is 0.875 bits per heavy atom. The predicted molar refractivity (Wildman–Crippen MR) is 130 cm³/mol. The average Bonchev–Trinajstić information content (AvgIpc) is 2.84. The highest BCUT2D eigenvalue weighted by atomic mass is 16.5. The van der Waals surface area contributed by atoms with E-state index in [0.29, 0.717) is 13.1 Å². The topological polar surface area (TPSA) is 29.5 Å². The number of hydrogen-bond acceptors (Lipinski definition) is 3. The van der Waals surface area contributed by atoms with Gasteiger partial charge in [-0.3, -0.25) is 9.69 Å². The molecule has 1 aliphatic rings. The van der Waals surface area contributed by atoms with Gasteiger partial charge in [0.2, 0.25) is 0 Å². The van der Waals surface area contributed by atoms with Crippen molar-refractivity contribution >= 4 is 16.6 Å². The summed E-state index contributed by atoms with van der Waals surface area (Å²) in [6, 6.07) is 31.3. The summed E-state index contributed by atoms with van der Waals surface area (Å²) in [6.07, 6.45) is 3.75. The van der Waals surface area contributed by atoms with Gasteiger partial charge in [-0.1, -0.05) is 91.0 Å². The zero-order chi connectivity index (χ0) is 21.9. The molecular weight excluding hydrogens is 394 g/mol. The van der Waals surface area contributed by atoms with Gasteiger partial charge in [0.15, 0.2) is 5.78 Å². The van der Waals surface area contributed by atoms with Gasteiger partial charge in [-0.05, 0) is 39.6 Å². The molecular formula is C29H25NO2. The maximum absolute atomic E-state index is 12.3. The summed E-state index contributed by atoms with van der Waals surface area (Å²) >= 11 is 0. The van der Waals surface area contributed by atoms with Gasteiger partial charge in [-0.15, -0.1) is 0 Å². The van der Waals surface area contributed by atoms with Crippen LogP contribution in [0.25, 0.3) is 21.9 Å². The smallest absolute Gasteiger partial charge is 0.169 e. The van der Waals surface area contributed by atoms with Crippen LogP contribution in [-0.2, 0) is 11.3 Å². The Bertz CT molecular complexity index is 1290. The van der Waals surface area contributed by atoms with E-state index in [2.05, 4.69) is 65.6 Å². The molecule has 0 aromatic heterocycles. The van der Waals surface area contributed by atoms with Gasteiger partial charge in [0.1, 0.15) is 5.75 Å². The van der Waals surface area contributed by atoms with Crippen LogP contribution in [0.5, 0.6) is 5.75 Å². The van der Waals surface area contributed by atoms with Crippen molar-refractivity contribution in [2.45, 2.75) is 12.6 Å². The van der Waals surface area contributed by atoms with Crippen LogP contribution < -0.4 is 4.74 Å². The number of benzene rings is 4. The molecule has 0 saturated heterocycles. The average molecular weight is 420 g/mol. The van der Waals surface area contributed by atoms with Crippen LogP contribution in [0.15, 0.2) is 103 Å². The molecule has 4 aromatic rings. The number of ether oxygens (including phenoxy) is 1. The number of rotatable bonds is 5. The zero-order valence-electron chi connectivity index (χ0n) is 18.1. The number of methoxy groups -OCH3 is 1. The summed E-state index contributed by atoms with van der Waals surface area (Å²) in [6.45, 7) is 1.09. The third-order valence-corrected chi connectivity index (χ3v) is 6.10. The second-order valence-electron chi connectivity index (χ2n) is 8.11. The van der Waals surface area contributed by atoms with E-state index in [1.807, 2.05) is 36.4 Å². The molecule has 4 aromatic carbocycles. The SMILES string of the molecule is COc1cccc([C@@H]2C=CC(=O)CN2Cc2ccccc2)c1-c1cccc2ccccc12. The van der Waals surface area contributed by atoms with Gasteiger partial charge in [0.05, 0.1) is 19.7 Å². The second kappa shape index (κ2) is 8.81. The van der Waals surface area contributed by atoms with Crippen LogP contribution in [0.4, 0.5) is 0 Å². The lowest BCUT2D eigenvalue weighted by molar-refractivity contribution is -0.116. The molecule has 158 valence electrons. The molecule has 0 unspecified atom stereocenters. The maximum atomic E-state index is 12.3. The Morgan fingerprint density at radius 2 is 1.62 bits per heavy atom. The standard InChI is InChI=1S/C29H25NO2/c1-32-28-16-8-15-26(29(28)25-14-7-12-22-11-5-6-13-24(22)25)27-18-17-23(31)20-30(27)19-21-9-3-2-4-10-21/h2-18,27H,19-20H2,1H3/t27-/m0/s1. The zero-order valence-corrected chi connectivity index (χ0v) is 18.1. The molecule has 3 heteroatoms. The molecule has 0 N–H and O–H groups in total. The highest BCUT2D eigenvalue weighted by molar-refractivity contribution is 5.99. The number of ketones is 1. The van der Waals surface area contributed by atoms with Crippen LogP contribution in [0, 0.1) is 0 Å². The summed E-state index contributed by atoms with van der Waals surface area (Å²) < 4.78 is 5.85. The highest BCUT2D eigenvalue weighted by Crippen LogP contribution is 2.42. The first-order chi connectivity index (χ1) is 15.7. The Morgan fingerprint density at radius 3 is 2.47 bits per heavy atom. The molecule has 1 heterocycles. The largest absolute Gasteiger partial charge is 0.496 e. The molecule has 5 rings (SSSR count). The fraction of sp³-hybridized carbons (Fsp3) is 0.138. The Kier molecular flexibility index (Phi) is 5.57. The predicted octanol–water partition coefficient (Wildman–Crippen LogP) is 6.20. The van der Waals surface area contributed by atoms with E-state index in [1.54, 1.807) is 13.2 Å². The van der Waals surface area contributed by atoms with Crippen molar-refractivity contribution in [2.24, 2.45) is 0 Å². The monoisotopic (exact) mass is 419 g/mol. The van der Waals surface area contributed by atoms with Gasteiger partial charge in [-0.2, -0.15) is 0 Å². The van der Waals surface area contributed by atoms with Crippen molar-refractivity contribution in [1.82, 2.24) is 4.90 Å². The van der Waals surface area contributed by atoms with Crippen LogP contribution >= 0.6 is 0 Å². The fourth-order valence-corrected chi connectivity index (χ4v) is 4.64. The molecule has 0 radical (unpaired) electrons. The van der Waals surface area contributed by atoms with Crippen molar-refractivity contribution in [1.29, 1.82) is 0 Å². The van der Waals surface area contributed by atoms with E-state index < -0.39 is 0 Å². The molecule has 1 aliphatic heterocycles. The number of fused-ring (bicyclic) bond motifs is 1. The quantitative estimate of drug-likeness (QED) is 0.386. The van der Waals surface area contributed by atoms with Crippen molar-refractivity contribution in [3.8, 4) is 16.9 Å². The highest BCUT2D eigenvalue weighted by Gasteiger charge is 2.28. The van der Waals surface area contributed by atoms with Gasteiger partial charge < -0.3 is 4.74 Å². The lowest BCUT2D eigenvalue weighted by Crippen LogP contribution is -2.35. The van der Waals surface area contributed by atoms with E-state index in [0.717, 1.165) is 22.4 Å². The Balaban J connectivity index is 1.67. The lowest BCUT2D eigenvalue weighted by atomic mass is 9.88. The number of carbonyl (C=O) groups excluding carboxylic acids is 1. The number of nitrogens with zero attached hydrogens (tertiary/aromatic N) is 1. The molecule has 0 bridgehead atoms. The van der Waals surface area contributed by atoms with E-state index in [1.165, 1.54) is 16.3 Å². The van der Waals surface area contributed by atoms with Gasteiger partial charge in [-0.25, -0.2) is 0 Å². The third-order valence-electron chi connectivity index (χ3n) is 6.10. The normalized spacial score (nSPS) is 16.4. The van der Waals surface area contributed by atoms with Crippen molar-refractivity contribution in [2.75, 3.05) is 13.7 Å². The molecule has 0 aliphatic carbocycles. The minimum Gasteiger partial charge on any atom is -0.496 e. The van der Waals surface area contributed by atoms with E-state index >= 15 is 0 Å². The van der Waals surface area contributed by atoms with Crippen molar-refractivity contribution in [3.63, 3.8) is 0 Å². The first-order valence-electron chi connectivity index (χ1n) is 10.9. The van der Waals surface area contributed by atoms with Gasteiger partial charge in [0, 0.05) is 12.1 Å². The Labute approximate surface area is 188 Å².